The summed E-state index contributed by atoms with van der Waals surface area (Å²) in [6, 6.07) is 14.1. The van der Waals surface area contributed by atoms with Crippen LogP contribution in [0, 0.1) is 10.1 Å². The summed E-state index contributed by atoms with van der Waals surface area (Å²) in [6.07, 6.45) is 4.10. The first-order valence-electron chi connectivity index (χ1n) is 11.3. The summed E-state index contributed by atoms with van der Waals surface area (Å²) in [5.41, 5.74) is 1.81. The van der Waals surface area contributed by atoms with Crippen LogP contribution in [-0.4, -0.2) is 51.0 Å². The van der Waals surface area contributed by atoms with Gasteiger partial charge in [-0.3, -0.25) is 20.0 Å². The Bertz CT molecular complexity index is 1400. The van der Waals surface area contributed by atoms with E-state index >= 15 is 0 Å². The van der Waals surface area contributed by atoms with E-state index in [4.69, 9.17) is 21.1 Å². The molecule has 1 fully saturated rings. The lowest BCUT2D eigenvalue weighted by atomic mass is 10.1. The monoisotopic (exact) mass is 506 g/mol. The average molecular weight is 507 g/mol. The Hall–Kier alpha value is -4.02. The molecule has 0 spiro atoms. The second kappa shape index (κ2) is 10.3. The number of halogens is 1. The summed E-state index contributed by atoms with van der Waals surface area (Å²) < 4.78 is 11.6. The Morgan fingerprint density at radius 1 is 1.14 bits per heavy atom. The van der Waals surface area contributed by atoms with Gasteiger partial charge in [0.05, 0.1) is 26.5 Å². The molecule has 1 aliphatic rings. The van der Waals surface area contributed by atoms with E-state index in [0.717, 1.165) is 18.7 Å². The van der Waals surface area contributed by atoms with Crippen LogP contribution < -0.4 is 14.8 Å². The van der Waals surface area contributed by atoms with Crippen molar-refractivity contribution in [2.45, 2.75) is 19.1 Å². The third-order valence-corrected chi connectivity index (χ3v) is 6.37. The van der Waals surface area contributed by atoms with Gasteiger partial charge in [0.25, 0.3) is 0 Å². The van der Waals surface area contributed by atoms with Crippen LogP contribution in [0.3, 0.4) is 0 Å². The summed E-state index contributed by atoms with van der Waals surface area (Å²) in [7, 11) is 2.00. The topological polar surface area (TPSA) is 116 Å². The predicted molar refractivity (Wildman–Crippen MR) is 136 cm³/mol. The molecule has 0 amide bonds. The van der Waals surface area contributed by atoms with Gasteiger partial charge in [0, 0.05) is 30.1 Å². The fourth-order valence-electron chi connectivity index (χ4n) is 3.86. The molecule has 3 heterocycles. The predicted octanol–water partition coefficient (Wildman–Crippen LogP) is 4.99. The number of fused-ring (bicyclic) bond motifs is 1. The van der Waals surface area contributed by atoms with E-state index in [9.17, 15) is 10.1 Å². The zero-order valence-corrected chi connectivity index (χ0v) is 20.2. The molecule has 4 aromatic rings. The van der Waals surface area contributed by atoms with Crippen molar-refractivity contribution >= 4 is 39.7 Å². The van der Waals surface area contributed by atoms with Gasteiger partial charge in [-0.25, -0.2) is 9.97 Å². The molecule has 2 aromatic carbocycles. The molecule has 36 heavy (non-hydrogen) atoms. The van der Waals surface area contributed by atoms with Crippen molar-refractivity contribution in [2.75, 3.05) is 25.5 Å². The van der Waals surface area contributed by atoms with E-state index in [1.807, 2.05) is 25.2 Å². The quantitative estimate of drug-likeness (QED) is 0.247. The first-order valence-corrected chi connectivity index (χ1v) is 11.7. The second-order valence-electron chi connectivity index (χ2n) is 8.43. The van der Waals surface area contributed by atoms with Gasteiger partial charge in [-0.1, -0.05) is 17.7 Å². The fraction of sp³-hybridized carbons (Fsp3) is 0.240. The SMILES string of the molecule is CN1CCC1COc1cc2ncnc(Nc3ccc(OCc4ccccn4)c(Cl)c3)c2cc1[N+](=O)[O-]. The number of ether oxygens (including phenoxy) is 2. The minimum absolute atomic E-state index is 0.140. The lowest BCUT2D eigenvalue weighted by Gasteiger charge is -2.37. The van der Waals surface area contributed by atoms with Gasteiger partial charge in [-0.05, 0) is 50.3 Å². The number of likely N-dealkylation sites (tertiary alicyclic amines) is 1. The molecule has 0 aliphatic carbocycles. The van der Waals surface area contributed by atoms with Crippen molar-refractivity contribution in [3.05, 3.63) is 81.9 Å². The smallest absolute Gasteiger partial charge is 0.311 e. The molecule has 1 saturated heterocycles. The van der Waals surface area contributed by atoms with Crippen LogP contribution in [-0.2, 0) is 6.61 Å². The molecule has 0 saturated carbocycles. The number of benzene rings is 2. The van der Waals surface area contributed by atoms with Gasteiger partial charge in [0.2, 0.25) is 0 Å². The van der Waals surface area contributed by atoms with Crippen LogP contribution in [0.4, 0.5) is 17.2 Å². The molecular formula is C25H23ClN6O4. The molecule has 10 nitrogen and oxygen atoms in total. The molecule has 0 radical (unpaired) electrons. The van der Waals surface area contributed by atoms with Gasteiger partial charge >= 0.3 is 5.69 Å². The fourth-order valence-corrected chi connectivity index (χ4v) is 4.10. The second-order valence-corrected chi connectivity index (χ2v) is 8.84. The van der Waals surface area contributed by atoms with Gasteiger partial charge in [-0.15, -0.1) is 0 Å². The van der Waals surface area contributed by atoms with E-state index in [0.29, 0.717) is 39.8 Å². The Morgan fingerprint density at radius 2 is 2.03 bits per heavy atom. The maximum Gasteiger partial charge on any atom is 0.311 e. The summed E-state index contributed by atoms with van der Waals surface area (Å²) in [6.45, 7) is 1.67. The highest BCUT2D eigenvalue weighted by molar-refractivity contribution is 6.32. The van der Waals surface area contributed by atoms with Gasteiger partial charge < -0.3 is 14.8 Å². The van der Waals surface area contributed by atoms with Gasteiger partial charge in [-0.2, -0.15) is 0 Å². The van der Waals surface area contributed by atoms with E-state index in [1.165, 1.54) is 12.4 Å². The first kappa shape index (κ1) is 23.7. The zero-order valence-electron chi connectivity index (χ0n) is 19.4. The zero-order chi connectivity index (χ0) is 25.1. The number of rotatable bonds is 9. The number of aromatic nitrogens is 3. The molecule has 11 heteroatoms. The van der Waals surface area contributed by atoms with Crippen LogP contribution >= 0.6 is 11.6 Å². The molecule has 1 unspecified atom stereocenters. The molecule has 1 N–H and O–H groups in total. The third kappa shape index (κ3) is 5.14. The lowest BCUT2D eigenvalue weighted by molar-refractivity contribution is -0.385. The number of anilines is 2. The Labute approximate surface area is 212 Å². The van der Waals surface area contributed by atoms with Gasteiger partial charge in [0.1, 0.15) is 31.1 Å². The number of hydrogen-bond acceptors (Lipinski definition) is 9. The largest absolute Gasteiger partial charge is 0.486 e. The highest BCUT2D eigenvalue weighted by Gasteiger charge is 2.26. The van der Waals surface area contributed by atoms with Crippen LogP contribution in [0.1, 0.15) is 12.1 Å². The van der Waals surface area contributed by atoms with Crippen LogP contribution in [0.15, 0.2) is 61.1 Å². The minimum atomic E-state index is -0.458. The number of nitrogens with one attached hydrogen (secondary N) is 1. The van der Waals surface area contributed by atoms with Crippen molar-refractivity contribution < 1.29 is 14.4 Å². The van der Waals surface area contributed by atoms with Crippen LogP contribution in [0.5, 0.6) is 11.5 Å². The number of nitrogens with zero attached hydrogens (tertiary/aromatic N) is 5. The van der Waals surface area contributed by atoms with Crippen molar-refractivity contribution in [2.24, 2.45) is 0 Å². The highest BCUT2D eigenvalue weighted by Crippen LogP contribution is 2.36. The van der Waals surface area contributed by atoms with E-state index in [2.05, 4.69) is 25.2 Å². The summed E-state index contributed by atoms with van der Waals surface area (Å²) in [4.78, 5) is 26.3. The maximum absolute atomic E-state index is 11.8. The molecule has 2 aromatic heterocycles. The highest BCUT2D eigenvalue weighted by atomic mass is 35.5. The minimum Gasteiger partial charge on any atom is -0.486 e. The maximum atomic E-state index is 11.8. The number of likely N-dealkylation sites (N-methyl/N-ethyl adjacent to an activating group) is 1. The van der Waals surface area contributed by atoms with Crippen LogP contribution in [0.2, 0.25) is 5.02 Å². The molecule has 1 aliphatic heterocycles. The molecular weight excluding hydrogens is 484 g/mol. The van der Waals surface area contributed by atoms with Gasteiger partial charge in [0.15, 0.2) is 5.75 Å². The Morgan fingerprint density at radius 3 is 2.72 bits per heavy atom. The molecule has 5 rings (SSSR count). The Kier molecular flexibility index (Phi) is 6.79. The lowest BCUT2D eigenvalue weighted by Crippen LogP contribution is -2.48. The summed E-state index contributed by atoms with van der Waals surface area (Å²) in [5, 5.41) is 15.9. The van der Waals surface area contributed by atoms with E-state index in [1.54, 1.807) is 30.5 Å². The van der Waals surface area contributed by atoms with Crippen molar-refractivity contribution in [3.8, 4) is 11.5 Å². The van der Waals surface area contributed by atoms with Crippen molar-refractivity contribution in [1.82, 2.24) is 19.9 Å². The number of hydrogen-bond donors (Lipinski definition) is 1. The number of nitro groups is 1. The molecule has 184 valence electrons. The van der Waals surface area contributed by atoms with Crippen LogP contribution in [0.25, 0.3) is 10.9 Å². The van der Waals surface area contributed by atoms with E-state index < -0.39 is 4.92 Å². The van der Waals surface area contributed by atoms with Crippen molar-refractivity contribution in [1.29, 1.82) is 0 Å². The normalized spacial score (nSPS) is 15.3. The third-order valence-electron chi connectivity index (χ3n) is 6.08. The van der Waals surface area contributed by atoms with E-state index in [-0.39, 0.29) is 24.1 Å². The summed E-state index contributed by atoms with van der Waals surface area (Å²) in [5.74, 6) is 1.11. The molecule has 1 atom stereocenters. The average Bonchev–Trinajstić information content (AvgIpc) is 2.87. The first-order chi connectivity index (χ1) is 17.5. The number of nitro benzene ring substituents is 1. The number of pyridine rings is 1. The van der Waals surface area contributed by atoms with Crippen molar-refractivity contribution in [3.63, 3.8) is 0 Å². The Balaban J connectivity index is 1.36. The molecule has 0 bridgehead atoms. The standard InChI is InChI=1S/C25H23ClN6O4/c1-31-9-7-18(31)14-36-24-12-21-19(11-22(24)32(33)34)25(29-15-28-21)30-16-5-6-23(20(26)10-16)35-13-17-4-2-3-8-27-17/h2-6,8,10-12,15,18H,7,9,13-14H2,1H3,(H,28,29,30). The summed E-state index contributed by atoms with van der Waals surface area (Å²) >= 11 is 6.43.